The van der Waals surface area contributed by atoms with Crippen molar-refractivity contribution in [2.24, 2.45) is 101 Å². The normalized spacial score (nSPS) is 46.7. The molecule has 4 spiro atoms. The van der Waals surface area contributed by atoms with Crippen LogP contribution in [0.3, 0.4) is 0 Å². The van der Waals surface area contributed by atoms with Crippen LogP contribution < -0.4 is 9.47 Å². The molecular weight excluding hydrogens is 1180 g/mol. The molecule has 0 bridgehead atoms. The molecule has 10 saturated carbocycles. The molecule has 2 saturated heterocycles. The van der Waals surface area contributed by atoms with Crippen LogP contribution in [0.2, 0.25) is 0 Å². The van der Waals surface area contributed by atoms with E-state index in [-0.39, 0.29) is 105 Å². The molecule has 10 aliphatic carbocycles. The van der Waals surface area contributed by atoms with Gasteiger partial charge < -0.3 is 47.7 Å². The molecule has 0 amide bonds. The van der Waals surface area contributed by atoms with Gasteiger partial charge in [0.15, 0.2) is 0 Å². The van der Waals surface area contributed by atoms with Crippen molar-refractivity contribution >= 4 is 34.6 Å². The fourth-order valence-electron chi connectivity index (χ4n) is 26.2. The minimum absolute atomic E-state index is 0.00902. The Hall–Kier alpha value is -4.01. The second-order valence-corrected chi connectivity index (χ2v) is 33.1. The molecule has 12 aliphatic rings. The Morgan fingerprint density at radius 3 is 1.32 bits per heavy atom. The maximum Gasteiger partial charge on any atom is 0.513 e. The minimum atomic E-state index is -0.978. The van der Waals surface area contributed by atoms with Crippen molar-refractivity contribution in [2.45, 2.75) is 221 Å². The first-order chi connectivity index (χ1) is 42.9. The van der Waals surface area contributed by atoms with Crippen LogP contribution in [0.15, 0.2) is 48.5 Å². The molecule has 504 valence electrons. The number of rotatable bonds is 11. The smallest absolute Gasteiger partial charge is 0.431 e. The predicted molar refractivity (Wildman–Crippen MR) is 341 cm³/mol. The molecule has 18 nitrogen and oxygen atoms in total. The first-order valence-corrected chi connectivity index (χ1v) is 34.6. The highest BCUT2D eigenvalue weighted by atomic mass is 35.5. The molecule has 2 aromatic carbocycles. The summed E-state index contributed by atoms with van der Waals surface area (Å²) >= 11 is 4.92. The van der Waals surface area contributed by atoms with Crippen molar-refractivity contribution in [2.75, 3.05) is 41.7 Å². The molecule has 1 N–H and O–H groups in total. The number of ether oxygens (including phenoxy) is 9. The molecule has 91 heavy (non-hydrogen) atoms. The van der Waals surface area contributed by atoms with Gasteiger partial charge in [0.05, 0.1) is 65.3 Å². The Morgan fingerprint density at radius 2 is 0.934 bits per heavy atom. The predicted octanol–water partition coefficient (Wildman–Crippen LogP) is 15.4. The number of aliphatic hydroxyl groups is 1. The number of nitro groups is 2. The molecule has 0 aromatic heterocycles. The average Bonchev–Trinajstić information content (AvgIpc) is 1.47. The summed E-state index contributed by atoms with van der Waals surface area (Å²) in [6, 6.07) is 10.4. The van der Waals surface area contributed by atoms with Gasteiger partial charge in [-0.1, -0.05) is 69.2 Å². The maximum atomic E-state index is 12.5. The van der Waals surface area contributed by atoms with E-state index in [1.54, 1.807) is 0 Å². The number of hydrogen-bond donors (Lipinski definition) is 1. The van der Waals surface area contributed by atoms with E-state index in [1.807, 2.05) is 28.4 Å². The number of carbonyl (C=O) groups excluding carboxylic acids is 2. The van der Waals surface area contributed by atoms with Gasteiger partial charge in [0, 0.05) is 75.1 Å². The second-order valence-electron chi connectivity index (χ2n) is 32.8. The van der Waals surface area contributed by atoms with Crippen molar-refractivity contribution in [3.8, 4) is 11.5 Å². The molecule has 2 heterocycles. The number of benzene rings is 2. The summed E-state index contributed by atoms with van der Waals surface area (Å²) in [6.07, 6.45) is 19.8. The van der Waals surface area contributed by atoms with Gasteiger partial charge in [-0.15, -0.1) is 0 Å². The fourth-order valence-corrected chi connectivity index (χ4v) is 26.3. The molecule has 12 fully saturated rings. The number of aliphatic hydroxyl groups excluding tert-OH is 1. The summed E-state index contributed by atoms with van der Waals surface area (Å²) in [7, 11) is 7.63. The summed E-state index contributed by atoms with van der Waals surface area (Å²) in [6.45, 7) is 25.2. The van der Waals surface area contributed by atoms with Gasteiger partial charge in [-0.25, -0.2) is 9.59 Å². The van der Waals surface area contributed by atoms with E-state index < -0.39 is 21.4 Å². The molecule has 14 rings (SSSR count). The highest BCUT2D eigenvalue weighted by molar-refractivity contribution is 6.61. The molecular formula is C72H103ClN2O16. The maximum absolute atomic E-state index is 12.5. The topological polar surface area (TPSA) is 224 Å². The van der Waals surface area contributed by atoms with Gasteiger partial charge in [-0.05, 0) is 218 Å². The van der Waals surface area contributed by atoms with Crippen molar-refractivity contribution in [1.82, 2.24) is 0 Å². The van der Waals surface area contributed by atoms with E-state index in [0.717, 1.165) is 25.2 Å². The van der Waals surface area contributed by atoms with Gasteiger partial charge in [0.25, 0.3) is 11.4 Å². The van der Waals surface area contributed by atoms with Crippen LogP contribution in [0.1, 0.15) is 172 Å². The van der Waals surface area contributed by atoms with E-state index in [2.05, 4.69) is 74.0 Å². The number of nitro benzene ring substituents is 2. The lowest BCUT2D eigenvalue weighted by Gasteiger charge is -2.64. The van der Waals surface area contributed by atoms with E-state index in [9.17, 15) is 34.9 Å². The van der Waals surface area contributed by atoms with Crippen LogP contribution in [0.25, 0.3) is 0 Å². The van der Waals surface area contributed by atoms with E-state index in [4.69, 9.17) is 49.5 Å². The molecule has 0 unspecified atom stereocenters. The molecule has 0 radical (unpaired) electrons. The quantitative estimate of drug-likeness (QED) is 0.0726. The number of non-ortho nitro benzene ring substituents is 2. The van der Waals surface area contributed by atoms with Gasteiger partial charge >= 0.3 is 11.6 Å². The van der Waals surface area contributed by atoms with Crippen molar-refractivity contribution in [1.29, 1.82) is 0 Å². The third-order valence-electron chi connectivity index (χ3n) is 29.7. The number of nitrogens with zero attached hydrogens (tertiary/aromatic N) is 2. The fraction of sp³-hybridized carbons (Fsp3) is 0.806. The van der Waals surface area contributed by atoms with Crippen LogP contribution in [0.4, 0.5) is 21.0 Å². The van der Waals surface area contributed by atoms with Crippen molar-refractivity contribution < 1.29 is 67.2 Å². The minimum Gasteiger partial charge on any atom is -0.431 e. The van der Waals surface area contributed by atoms with Gasteiger partial charge in [0.1, 0.15) is 18.1 Å². The highest BCUT2D eigenvalue weighted by Gasteiger charge is 2.87. The lowest BCUT2D eigenvalue weighted by molar-refractivity contribution is -0.385. The monoisotopic (exact) mass is 1290 g/mol. The van der Waals surface area contributed by atoms with Gasteiger partial charge in [-0.2, -0.15) is 0 Å². The summed E-state index contributed by atoms with van der Waals surface area (Å²) in [5.74, 6) is 5.05. The summed E-state index contributed by atoms with van der Waals surface area (Å²) in [4.78, 5) is 42.9. The van der Waals surface area contributed by atoms with Crippen LogP contribution in [-0.2, 0) is 33.2 Å². The Labute approximate surface area is 543 Å². The third kappa shape index (κ3) is 9.63. The van der Waals surface area contributed by atoms with Crippen LogP contribution in [-0.4, -0.2) is 117 Å². The van der Waals surface area contributed by atoms with E-state index in [1.165, 1.54) is 132 Å². The number of methoxy groups -OCH3 is 4. The third-order valence-corrected chi connectivity index (χ3v) is 29.8. The van der Waals surface area contributed by atoms with Crippen LogP contribution >= 0.6 is 11.6 Å². The zero-order chi connectivity index (χ0) is 65.6. The summed E-state index contributed by atoms with van der Waals surface area (Å²) in [5, 5.41) is 31.1. The van der Waals surface area contributed by atoms with E-state index in [0.29, 0.717) is 75.3 Å². The standard InChI is InChI=1S/C36H51NO8.C29H48O4.C7H4ClNO4/c1-21-18-24(19-43-31(38)45-23-10-8-22(9-11-23)37(39)40)44-29-28(21)33(4)16-17-36-20-35(36)15-14-27(41-6)32(2,3)25(35)12-13-26(36)34(33,5)30(29)42-7;1-17-14-18(15-30)33-23-22(17)26(4)12-13-29-16-28(29)11-10-21(31-6)25(2,3)19(28)8-9-20(29)27(26,5)24(23)32-7;8-7(10)13-6-3-1-5(2-4-6)9(11)12/h8-11,21,24-30H,12-20H2,1-7H3;17-24,30H,8-16H2,1-7H3;1-4H/t21-,24-,25+,26+,27+,28+,29+,30+,33-,34-,35-,36+;17-,18-,19+,20+,21+,22+,23+,24+,26-,27-,28-,29+;/m11./s1. The largest absolute Gasteiger partial charge is 0.513 e. The number of carbonyl (C=O) groups is 2. The average molecular weight is 1290 g/mol. The van der Waals surface area contributed by atoms with Crippen molar-refractivity contribution in [3.63, 3.8) is 0 Å². The highest BCUT2D eigenvalue weighted by Crippen LogP contribution is 2.91. The molecule has 24 atom stereocenters. The van der Waals surface area contributed by atoms with Crippen LogP contribution in [0.5, 0.6) is 11.5 Å². The second kappa shape index (κ2) is 23.4. The number of halogens is 1. The first kappa shape index (κ1) is 67.0. The Morgan fingerprint density at radius 1 is 0.549 bits per heavy atom. The Bertz CT molecular complexity index is 3090. The number of hydrogen-bond acceptors (Lipinski definition) is 16. The van der Waals surface area contributed by atoms with E-state index >= 15 is 0 Å². The van der Waals surface area contributed by atoms with Crippen molar-refractivity contribution in [3.05, 3.63) is 68.8 Å². The lowest BCUT2D eigenvalue weighted by atomic mass is 9.41. The summed E-state index contributed by atoms with van der Waals surface area (Å²) in [5.41, 5.74) is 1.62. The lowest BCUT2D eigenvalue weighted by Crippen LogP contribution is -2.60. The van der Waals surface area contributed by atoms with Gasteiger partial charge in [-0.3, -0.25) is 20.2 Å². The SMILES string of the molecule is CO[C@H]1CC[C@]23C[C@]24CC[C@]2(C)[C@@H]5[C@H](O[C@@H](CO)C[C@H]5C)[C@H](OC)[C@@]2(C)[C@@H]4CC[C@H]3C1(C)C.CO[C@H]1CC[C@]23C[C@]24CC[C@]2(C)[C@@H]5[C@H](O[C@@H](COC(=O)Oc6ccc([N+](=O)[O-])cc6)C[C@H]5C)[C@H](OC)[C@@]2(C)[C@@H]4CC[C@H]3C1(C)C.O=C(Cl)Oc1ccc([N+](=O)[O-])cc1. The Balaban J connectivity index is 0.000000151. The van der Waals surface area contributed by atoms with Crippen LogP contribution in [0, 0.1) is 122 Å². The molecule has 2 aliphatic heterocycles. The molecule has 2 aromatic rings. The molecule has 19 heteroatoms. The summed E-state index contributed by atoms with van der Waals surface area (Å²) < 4.78 is 53.9. The zero-order valence-electron chi connectivity index (χ0n) is 56.4. The number of fused-ring (bicyclic) bond motifs is 8. The Kier molecular flexibility index (Phi) is 17.2. The first-order valence-electron chi connectivity index (χ1n) is 34.2. The zero-order valence-corrected chi connectivity index (χ0v) is 57.2. The van der Waals surface area contributed by atoms with Gasteiger partial charge in [0.2, 0.25) is 0 Å².